The van der Waals surface area contributed by atoms with Gasteiger partial charge in [0.15, 0.2) is 0 Å². The smallest absolute Gasteiger partial charge is 0.240 e. The number of aromatic nitrogens is 3. The van der Waals surface area contributed by atoms with Crippen LogP contribution in [0, 0.1) is 6.92 Å². The number of nitrogens with one attached hydrogen (secondary N) is 1. The van der Waals surface area contributed by atoms with Gasteiger partial charge in [0.2, 0.25) is 5.91 Å². The zero-order valence-corrected chi connectivity index (χ0v) is 17.9. The van der Waals surface area contributed by atoms with Crippen LogP contribution in [0.15, 0.2) is 47.1 Å². The number of primary amides is 1. The third-order valence-corrected chi connectivity index (χ3v) is 6.69. The molecule has 1 amide bonds. The SMILES string of the molecule is Cc1cc(Br)ccc1C1SCC(C(N)=O)Nc2c1c(-c1ccccn1)nn2C. The predicted molar refractivity (Wildman–Crippen MR) is 116 cm³/mol. The van der Waals surface area contributed by atoms with Crippen LogP contribution < -0.4 is 11.1 Å². The molecule has 3 N–H and O–H groups in total. The van der Waals surface area contributed by atoms with E-state index < -0.39 is 6.04 Å². The molecule has 144 valence electrons. The number of carbonyl (C=O) groups is 1. The summed E-state index contributed by atoms with van der Waals surface area (Å²) in [6.07, 6.45) is 1.76. The summed E-state index contributed by atoms with van der Waals surface area (Å²) in [7, 11) is 1.87. The molecule has 1 aromatic carbocycles. The molecule has 2 aromatic heterocycles. The van der Waals surface area contributed by atoms with Crippen molar-refractivity contribution in [3.63, 3.8) is 0 Å². The first-order valence-electron chi connectivity index (χ1n) is 8.87. The van der Waals surface area contributed by atoms with Gasteiger partial charge < -0.3 is 11.1 Å². The highest BCUT2D eigenvalue weighted by Gasteiger charge is 2.34. The van der Waals surface area contributed by atoms with Crippen LogP contribution in [0.5, 0.6) is 0 Å². The molecule has 0 aliphatic carbocycles. The molecule has 2 atom stereocenters. The molecule has 0 bridgehead atoms. The van der Waals surface area contributed by atoms with Crippen LogP contribution in [0.1, 0.15) is 21.9 Å². The molecule has 0 saturated heterocycles. The highest BCUT2D eigenvalue weighted by molar-refractivity contribution is 9.10. The van der Waals surface area contributed by atoms with E-state index in [4.69, 9.17) is 10.8 Å². The van der Waals surface area contributed by atoms with E-state index in [1.165, 1.54) is 11.1 Å². The van der Waals surface area contributed by atoms with Gasteiger partial charge in [-0.15, -0.1) is 11.8 Å². The maximum atomic E-state index is 12.0. The van der Waals surface area contributed by atoms with Crippen LogP contribution in [-0.2, 0) is 11.8 Å². The number of nitrogens with zero attached hydrogens (tertiary/aromatic N) is 3. The minimum Gasteiger partial charge on any atom is -0.368 e. The van der Waals surface area contributed by atoms with Crippen LogP contribution in [0.2, 0.25) is 0 Å². The summed E-state index contributed by atoms with van der Waals surface area (Å²) in [4.78, 5) is 16.5. The van der Waals surface area contributed by atoms with Crippen molar-refractivity contribution in [2.75, 3.05) is 11.1 Å². The average molecular weight is 458 g/mol. The first kappa shape index (κ1) is 19.0. The first-order valence-corrected chi connectivity index (χ1v) is 10.7. The summed E-state index contributed by atoms with van der Waals surface area (Å²) < 4.78 is 2.82. The van der Waals surface area contributed by atoms with Crippen LogP contribution in [-0.4, -0.2) is 32.5 Å². The summed E-state index contributed by atoms with van der Waals surface area (Å²) in [6, 6.07) is 11.6. The molecule has 2 unspecified atom stereocenters. The minimum atomic E-state index is -0.462. The van der Waals surface area contributed by atoms with E-state index in [9.17, 15) is 4.79 Å². The van der Waals surface area contributed by atoms with Gasteiger partial charge in [0.25, 0.3) is 0 Å². The van der Waals surface area contributed by atoms with Crippen molar-refractivity contribution >= 4 is 39.4 Å². The number of carbonyl (C=O) groups excluding carboxylic acids is 1. The summed E-state index contributed by atoms with van der Waals surface area (Å²) in [5.41, 5.74) is 10.6. The molecule has 0 fully saturated rings. The standard InChI is InChI=1S/C20H20BrN5OS/c1-11-9-12(21)6-7-13(11)18-16-17(14-5-3-4-8-23-14)25-26(2)20(16)24-15(10-28-18)19(22)27/h3-9,15,18,24H,10H2,1-2H3,(H2,22,27). The van der Waals surface area contributed by atoms with Crippen LogP contribution in [0.25, 0.3) is 11.4 Å². The number of halogens is 1. The number of rotatable bonds is 3. The maximum Gasteiger partial charge on any atom is 0.240 e. The molecular formula is C20H20BrN5OS. The molecule has 4 rings (SSSR count). The Morgan fingerprint density at radius 1 is 1.36 bits per heavy atom. The van der Waals surface area contributed by atoms with E-state index in [0.717, 1.165) is 27.2 Å². The van der Waals surface area contributed by atoms with Gasteiger partial charge in [-0.2, -0.15) is 5.10 Å². The summed E-state index contributed by atoms with van der Waals surface area (Å²) >= 11 is 5.24. The molecule has 3 heterocycles. The molecule has 0 spiro atoms. The molecule has 28 heavy (non-hydrogen) atoms. The third-order valence-electron chi connectivity index (χ3n) is 4.85. The quantitative estimate of drug-likeness (QED) is 0.626. The van der Waals surface area contributed by atoms with Crippen LogP contribution >= 0.6 is 27.7 Å². The summed E-state index contributed by atoms with van der Waals surface area (Å²) in [5.74, 6) is 1.01. The second-order valence-electron chi connectivity index (χ2n) is 6.76. The number of pyridine rings is 1. The molecule has 0 saturated carbocycles. The lowest BCUT2D eigenvalue weighted by molar-refractivity contribution is -0.118. The van der Waals surface area contributed by atoms with Crippen molar-refractivity contribution < 1.29 is 4.79 Å². The van der Waals surface area contributed by atoms with E-state index in [-0.39, 0.29) is 11.2 Å². The monoisotopic (exact) mass is 457 g/mol. The number of benzene rings is 1. The topological polar surface area (TPSA) is 85.8 Å². The van der Waals surface area contributed by atoms with Crippen molar-refractivity contribution in [1.29, 1.82) is 0 Å². The Balaban J connectivity index is 1.93. The van der Waals surface area contributed by atoms with Gasteiger partial charge >= 0.3 is 0 Å². The summed E-state index contributed by atoms with van der Waals surface area (Å²) in [5, 5.41) is 8.06. The van der Waals surface area contributed by atoms with Crippen LogP contribution in [0.3, 0.4) is 0 Å². The molecule has 0 radical (unpaired) electrons. The van der Waals surface area contributed by atoms with Gasteiger partial charge in [-0.25, -0.2) is 0 Å². The van der Waals surface area contributed by atoms with E-state index in [1.54, 1.807) is 22.6 Å². The Morgan fingerprint density at radius 2 is 2.18 bits per heavy atom. The fraction of sp³-hybridized carbons (Fsp3) is 0.250. The van der Waals surface area contributed by atoms with Crippen molar-refractivity contribution in [1.82, 2.24) is 14.8 Å². The van der Waals surface area contributed by atoms with Gasteiger partial charge in [-0.3, -0.25) is 14.5 Å². The Labute approximate surface area is 176 Å². The van der Waals surface area contributed by atoms with Gasteiger partial charge in [0, 0.05) is 29.0 Å². The zero-order chi connectivity index (χ0) is 19.8. The number of thioether (sulfide) groups is 1. The fourth-order valence-electron chi connectivity index (χ4n) is 3.47. The van der Waals surface area contributed by atoms with Gasteiger partial charge in [0.05, 0.1) is 10.9 Å². The van der Waals surface area contributed by atoms with Crippen LogP contribution in [0.4, 0.5) is 5.82 Å². The number of nitrogens with two attached hydrogens (primary N) is 1. The van der Waals surface area contributed by atoms with Gasteiger partial charge in [-0.1, -0.05) is 28.1 Å². The number of amides is 1. The maximum absolute atomic E-state index is 12.0. The molecule has 3 aromatic rings. The third kappa shape index (κ3) is 3.42. The highest BCUT2D eigenvalue weighted by atomic mass is 79.9. The normalized spacial score (nSPS) is 18.8. The van der Waals surface area contributed by atoms with Gasteiger partial charge in [0.1, 0.15) is 17.6 Å². The number of hydrogen-bond donors (Lipinski definition) is 2. The average Bonchev–Trinajstić information content (AvgIpc) is 2.86. The second-order valence-corrected chi connectivity index (χ2v) is 8.82. The Hall–Kier alpha value is -2.32. The molecule has 6 nitrogen and oxygen atoms in total. The molecular weight excluding hydrogens is 438 g/mol. The number of anilines is 1. The second kappa shape index (κ2) is 7.60. The van der Waals surface area contributed by atoms with Crippen molar-refractivity contribution in [3.05, 3.63) is 63.8 Å². The first-order chi connectivity index (χ1) is 13.5. The lowest BCUT2D eigenvalue weighted by Crippen LogP contribution is -2.37. The van der Waals surface area contributed by atoms with E-state index in [1.807, 2.05) is 31.3 Å². The van der Waals surface area contributed by atoms with Gasteiger partial charge in [-0.05, 0) is 42.3 Å². The highest BCUT2D eigenvalue weighted by Crippen LogP contribution is 2.47. The van der Waals surface area contributed by atoms with Crippen molar-refractivity contribution in [3.8, 4) is 11.4 Å². The Bertz CT molecular complexity index is 1040. The number of fused-ring (bicyclic) bond motifs is 1. The summed E-state index contributed by atoms with van der Waals surface area (Å²) in [6.45, 7) is 2.10. The predicted octanol–water partition coefficient (Wildman–Crippen LogP) is 3.66. The molecule has 1 aliphatic rings. The van der Waals surface area contributed by atoms with E-state index >= 15 is 0 Å². The van der Waals surface area contributed by atoms with E-state index in [0.29, 0.717) is 5.75 Å². The lowest BCUT2D eigenvalue weighted by Gasteiger charge is -2.19. The molecule has 8 heteroatoms. The van der Waals surface area contributed by atoms with Crippen molar-refractivity contribution in [2.45, 2.75) is 18.2 Å². The Morgan fingerprint density at radius 3 is 2.86 bits per heavy atom. The van der Waals surface area contributed by atoms with E-state index in [2.05, 4.69) is 45.3 Å². The Kier molecular flexibility index (Phi) is 5.16. The number of hydrogen-bond acceptors (Lipinski definition) is 5. The van der Waals surface area contributed by atoms with Crippen molar-refractivity contribution in [2.24, 2.45) is 12.8 Å². The molecule has 1 aliphatic heterocycles. The fourth-order valence-corrected chi connectivity index (χ4v) is 5.41. The number of aryl methyl sites for hydroxylation is 2. The lowest BCUT2D eigenvalue weighted by atomic mass is 9.98. The largest absolute Gasteiger partial charge is 0.368 e. The zero-order valence-electron chi connectivity index (χ0n) is 15.5. The minimum absolute atomic E-state index is 0.00524.